The molecule has 1 aromatic rings. The Labute approximate surface area is 84.5 Å². The highest BCUT2D eigenvalue weighted by atomic mass is 15.2. The number of aromatic nitrogens is 2. The van der Waals surface area contributed by atoms with Gasteiger partial charge in [-0.2, -0.15) is 0 Å². The van der Waals surface area contributed by atoms with Gasteiger partial charge in [0.05, 0.1) is 0 Å². The molecule has 0 N–H and O–H groups in total. The maximum Gasteiger partial charge on any atom is 0.153 e. The molecule has 0 bridgehead atoms. The lowest BCUT2D eigenvalue weighted by Crippen LogP contribution is -2.19. The Morgan fingerprint density at radius 3 is 2.71 bits per heavy atom. The molecule has 14 heavy (non-hydrogen) atoms. The minimum absolute atomic E-state index is 0.729. The molecule has 0 spiro atoms. The van der Waals surface area contributed by atoms with E-state index >= 15 is 0 Å². The number of rotatable bonds is 2. The minimum Gasteiger partial charge on any atom is -0.356 e. The van der Waals surface area contributed by atoms with Gasteiger partial charge in [0.15, 0.2) is 5.82 Å². The fourth-order valence-electron chi connectivity index (χ4n) is 1.77. The fraction of sp³-hybridized carbons (Fsp3) is 0.455. The Kier molecular flexibility index (Phi) is 2.48. The molecule has 0 amide bonds. The molecule has 1 aliphatic heterocycles. The summed E-state index contributed by atoms with van der Waals surface area (Å²) in [6.07, 6.45) is 4.24. The molecule has 1 aromatic heterocycles. The van der Waals surface area contributed by atoms with Gasteiger partial charge >= 0.3 is 0 Å². The highest BCUT2D eigenvalue weighted by Crippen LogP contribution is 2.18. The molecule has 74 valence electrons. The van der Waals surface area contributed by atoms with Crippen LogP contribution in [0.2, 0.25) is 0 Å². The molecule has 2 rings (SSSR count). The van der Waals surface area contributed by atoms with Crippen molar-refractivity contribution >= 4 is 11.9 Å². The van der Waals surface area contributed by atoms with Gasteiger partial charge in [0.1, 0.15) is 5.82 Å². The van der Waals surface area contributed by atoms with Gasteiger partial charge in [0.25, 0.3) is 0 Å². The van der Waals surface area contributed by atoms with Crippen LogP contribution in [0.3, 0.4) is 0 Å². The van der Waals surface area contributed by atoms with Gasteiger partial charge in [-0.3, -0.25) is 0 Å². The molecule has 0 aromatic carbocycles. The first-order valence-corrected chi connectivity index (χ1v) is 5.02. The van der Waals surface area contributed by atoms with Gasteiger partial charge in [-0.15, -0.1) is 0 Å². The SMILES string of the molecule is C=Cc1nc(C)cc(N2CCCC2)n1. The van der Waals surface area contributed by atoms with Crippen LogP contribution < -0.4 is 4.90 Å². The first-order chi connectivity index (χ1) is 6.79. The van der Waals surface area contributed by atoms with Gasteiger partial charge in [-0.1, -0.05) is 6.58 Å². The molecular formula is C11H15N3. The van der Waals surface area contributed by atoms with Crippen LogP contribution in [0.25, 0.3) is 6.08 Å². The van der Waals surface area contributed by atoms with Crippen molar-refractivity contribution in [2.75, 3.05) is 18.0 Å². The lowest BCUT2D eigenvalue weighted by molar-refractivity contribution is 0.915. The second kappa shape index (κ2) is 3.78. The summed E-state index contributed by atoms with van der Waals surface area (Å²) in [5, 5.41) is 0. The van der Waals surface area contributed by atoms with E-state index in [9.17, 15) is 0 Å². The minimum atomic E-state index is 0.729. The molecule has 3 nitrogen and oxygen atoms in total. The van der Waals surface area contributed by atoms with Crippen LogP contribution in [0.15, 0.2) is 12.6 Å². The van der Waals surface area contributed by atoms with E-state index in [2.05, 4.69) is 21.4 Å². The monoisotopic (exact) mass is 189 g/mol. The molecule has 1 saturated heterocycles. The zero-order valence-electron chi connectivity index (χ0n) is 8.53. The predicted molar refractivity (Wildman–Crippen MR) is 58.3 cm³/mol. The smallest absolute Gasteiger partial charge is 0.153 e. The van der Waals surface area contributed by atoms with Crippen molar-refractivity contribution in [3.05, 3.63) is 24.2 Å². The zero-order chi connectivity index (χ0) is 9.97. The lowest BCUT2D eigenvalue weighted by atomic mass is 10.4. The van der Waals surface area contributed by atoms with E-state index in [4.69, 9.17) is 0 Å². The van der Waals surface area contributed by atoms with E-state index in [0.717, 1.165) is 30.4 Å². The third-order valence-corrected chi connectivity index (χ3v) is 2.47. The molecule has 0 radical (unpaired) electrons. The number of anilines is 1. The molecule has 0 saturated carbocycles. The third-order valence-electron chi connectivity index (χ3n) is 2.47. The summed E-state index contributed by atoms with van der Waals surface area (Å²) < 4.78 is 0. The Morgan fingerprint density at radius 1 is 1.36 bits per heavy atom. The zero-order valence-corrected chi connectivity index (χ0v) is 8.53. The van der Waals surface area contributed by atoms with Gasteiger partial charge < -0.3 is 4.90 Å². The number of hydrogen-bond donors (Lipinski definition) is 0. The molecule has 1 fully saturated rings. The second-order valence-electron chi connectivity index (χ2n) is 3.62. The first-order valence-electron chi connectivity index (χ1n) is 5.02. The molecule has 1 aliphatic rings. The van der Waals surface area contributed by atoms with Gasteiger partial charge in [-0.05, 0) is 25.8 Å². The molecular weight excluding hydrogens is 174 g/mol. The number of aryl methyl sites for hydroxylation is 1. The summed E-state index contributed by atoms with van der Waals surface area (Å²) in [4.78, 5) is 11.0. The Hall–Kier alpha value is -1.38. The summed E-state index contributed by atoms with van der Waals surface area (Å²) in [7, 11) is 0. The van der Waals surface area contributed by atoms with Crippen molar-refractivity contribution < 1.29 is 0 Å². The Balaban J connectivity index is 2.31. The summed E-state index contributed by atoms with van der Waals surface area (Å²) in [5.41, 5.74) is 1.01. The van der Waals surface area contributed by atoms with E-state index < -0.39 is 0 Å². The van der Waals surface area contributed by atoms with E-state index in [1.165, 1.54) is 12.8 Å². The molecule has 0 atom stereocenters. The topological polar surface area (TPSA) is 29.0 Å². The average Bonchev–Trinajstić information content (AvgIpc) is 2.69. The van der Waals surface area contributed by atoms with Crippen LogP contribution in [-0.2, 0) is 0 Å². The molecule has 0 unspecified atom stereocenters. The van der Waals surface area contributed by atoms with Crippen molar-refractivity contribution in [2.24, 2.45) is 0 Å². The van der Waals surface area contributed by atoms with Crippen LogP contribution in [0.5, 0.6) is 0 Å². The van der Waals surface area contributed by atoms with Crippen LogP contribution in [-0.4, -0.2) is 23.1 Å². The first kappa shape index (κ1) is 9.19. The maximum atomic E-state index is 4.43. The largest absolute Gasteiger partial charge is 0.356 e. The van der Waals surface area contributed by atoms with E-state index in [-0.39, 0.29) is 0 Å². The van der Waals surface area contributed by atoms with Gasteiger partial charge in [0.2, 0.25) is 0 Å². The normalized spacial score (nSPS) is 15.9. The maximum absolute atomic E-state index is 4.43. The quantitative estimate of drug-likeness (QED) is 0.712. The van der Waals surface area contributed by atoms with E-state index in [1.54, 1.807) is 6.08 Å². The van der Waals surface area contributed by atoms with Crippen molar-refractivity contribution in [2.45, 2.75) is 19.8 Å². The molecule has 3 heteroatoms. The molecule has 2 heterocycles. The predicted octanol–water partition coefficient (Wildman–Crippen LogP) is 2.03. The standard InChI is InChI=1S/C11H15N3/c1-3-10-12-9(2)8-11(13-10)14-6-4-5-7-14/h3,8H,1,4-7H2,2H3. The summed E-state index contributed by atoms with van der Waals surface area (Å²) in [6.45, 7) is 7.93. The second-order valence-corrected chi connectivity index (χ2v) is 3.62. The van der Waals surface area contributed by atoms with Crippen molar-refractivity contribution in [3.63, 3.8) is 0 Å². The van der Waals surface area contributed by atoms with Gasteiger partial charge in [0, 0.05) is 24.8 Å². The fourth-order valence-corrected chi connectivity index (χ4v) is 1.77. The van der Waals surface area contributed by atoms with E-state index in [1.807, 2.05) is 13.0 Å². The lowest BCUT2D eigenvalue weighted by Gasteiger charge is -2.16. The highest BCUT2D eigenvalue weighted by molar-refractivity contribution is 5.46. The van der Waals surface area contributed by atoms with Crippen LogP contribution in [0.1, 0.15) is 24.4 Å². The Morgan fingerprint density at radius 2 is 2.07 bits per heavy atom. The van der Waals surface area contributed by atoms with E-state index in [0.29, 0.717) is 0 Å². The van der Waals surface area contributed by atoms with Crippen LogP contribution in [0, 0.1) is 6.92 Å². The summed E-state index contributed by atoms with van der Waals surface area (Å²) >= 11 is 0. The third kappa shape index (κ3) is 1.76. The van der Waals surface area contributed by atoms with Crippen molar-refractivity contribution in [3.8, 4) is 0 Å². The number of hydrogen-bond acceptors (Lipinski definition) is 3. The van der Waals surface area contributed by atoms with Gasteiger partial charge in [-0.25, -0.2) is 9.97 Å². The summed E-state index contributed by atoms with van der Waals surface area (Å²) in [6, 6.07) is 2.04. The van der Waals surface area contributed by atoms with Crippen LogP contribution >= 0.6 is 0 Å². The van der Waals surface area contributed by atoms with Crippen molar-refractivity contribution in [1.82, 2.24) is 9.97 Å². The van der Waals surface area contributed by atoms with Crippen LogP contribution in [0.4, 0.5) is 5.82 Å². The summed E-state index contributed by atoms with van der Waals surface area (Å²) in [5.74, 6) is 1.77. The highest BCUT2D eigenvalue weighted by Gasteiger charge is 2.14. The molecule has 0 aliphatic carbocycles. The van der Waals surface area contributed by atoms with Crippen molar-refractivity contribution in [1.29, 1.82) is 0 Å². The number of nitrogens with zero attached hydrogens (tertiary/aromatic N) is 3. The average molecular weight is 189 g/mol. The Bertz CT molecular complexity index is 340.